The van der Waals surface area contributed by atoms with Crippen LogP contribution in [0, 0.1) is 5.92 Å². The van der Waals surface area contributed by atoms with E-state index < -0.39 is 5.97 Å². The van der Waals surface area contributed by atoms with Gasteiger partial charge in [-0.15, -0.1) is 11.3 Å². The Morgan fingerprint density at radius 3 is 2.63 bits per heavy atom. The Kier molecular flexibility index (Phi) is 4.45. The fourth-order valence-corrected chi connectivity index (χ4v) is 3.66. The van der Waals surface area contributed by atoms with Gasteiger partial charge in [0.15, 0.2) is 5.13 Å². The summed E-state index contributed by atoms with van der Waals surface area (Å²) in [4.78, 5) is 18.9. The molecule has 2 heterocycles. The van der Waals surface area contributed by atoms with Gasteiger partial charge >= 0.3 is 5.97 Å². The van der Waals surface area contributed by atoms with Crippen molar-refractivity contribution in [2.24, 2.45) is 5.92 Å². The molecule has 0 unspecified atom stereocenters. The van der Waals surface area contributed by atoms with E-state index in [9.17, 15) is 4.79 Å². The summed E-state index contributed by atoms with van der Waals surface area (Å²) in [7, 11) is 0. The van der Waals surface area contributed by atoms with Gasteiger partial charge in [0, 0.05) is 18.0 Å². The number of aromatic nitrogens is 1. The standard InChI is InChI=1S/C14H22N2O2S/c1-9(2)13-11(8-12(17)18)19-14(15-13)16-6-4-10(3)5-7-16/h9-10H,4-8H2,1-3H3,(H,17,18). The molecular formula is C14H22N2O2S. The van der Waals surface area contributed by atoms with Gasteiger partial charge in [-0.2, -0.15) is 0 Å². The van der Waals surface area contributed by atoms with E-state index in [1.54, 1.807) is 11.3 Å². The summed E-state index contributed by atoms with van der Waals surface area (Å²) in [6.45, 7) is 8.51. The van der Waals surface area contributed by atoms with Crippen molar-refractivity contribution < 1.29 is 9.90 Å². The summed E-state index contributed by atoms with van der Waals surface area (Å²) < 4.78 is 0. The predicted molar refractivity (Wildman–Crippen MR) is 78.2 cm³/mol. The number of hydrogen-bond acceptors (Lipinski definition) is 4. The van der Waals surface area contributed by atoms with Gasteiger partial charge in [-0.05, 0) is 24.7 Å². The van der Waals surface area contributed by atoms with Crippen molar-refractivity contribution in [2.75, 3.05) is 18.0 Å². The average Bonchev–Trinajstić information content (AvgIpc) is 2.73. The maximum atomic E-state index is 10.9. The van der Waals surface area contributed by atoms with Crippen molar-refractivity contribution in [1.82, 2.24) is 4.98 Å². The molecule has 0 saturated carbocycles. The van der Waals surface area contributed by atoms with Gasteiger partial charge in [0.1, 0.15) is 0 Å². The van der Waals surface area contributed by atoms with E-state index in [4.69, 9.17) is 10.1 Å². The number of thiazole rings is 1. The van der Waals surface area contributed by atoms with Crippen LogP contribution in [0.1, 0.15) is 50.1 Å². The Morgan fingerprint density at radius 1 is 1.47 bits per heavy atom. The summed E-state index contributed by atoms with van der Waals surface area (Å²) in [6, 6.07) is 0. The third-order valence-electron chi connectivity index (χ3n) is 3.63. The first-order valence-corrected chi connectivity index (χ1v) is 7.75. The number of anilines is 1. The number of hydrogen-bond donors (Lipinski definition) is 1. The molecule has 19 heavy (non-hydrogen) atoms. The van der Waals surface area contributed by atoms with Crippen LogP contribution in [0.25, 0.3) is 0 Å². The Hall–Kier alpha value is -1.10. The van der Waals surface area contributed by atoms with Gasteiger partial charge in [-0.3, -0.25) is 4.79 Å². The summed E-state index contributed by atoms with van der Waals surface area (Å²) in [5, 5.41) is 10.00. The van der Waals surface area contributed by atoms with Crippen molar-refractivity contribution in [3.8, 4) is 0 Å². The first kappa shape index (κ1) is 14.3. The molecule has 1 fully saturated rings. The Morgan fingerprint density at radius 2 is 2.11 bits per heavy atom. The van der Waals surface area contributed by atoms with E-state index >= 15 is 0 Å². The average molecular weight is 282 g/mol. The zero-order valence-electron chi connectivity index (χ0n) is 11.8. The fraction of sp³-hybridized carbons (Fsp3) is 0.714. The van der Waals surface area contributed by atoms with Gasteiger partial charge in [-0.25, -0.2) is 4.98 Å². The first-order valence-electron chi connectivity index (χ1n) is 6.93. The van der Waals surface area contributed by atoms with Crippen LogP contribution in [0.5, 0.6) is 0 Å². The molecule has 1 aromatic rings. The Balaban J connectivity index is 2.19. The quantitative estimate of drug-likeness (QED) is 0.922. The second-order valence-electron chi connectivity index (χ2n) is 5.70. The van der Waals surface area contributed by atoms with Crippen LogP contribution in [0.4, 0.5) is 5.13 Å². The molecule has 1 aromatic heterocycles. The van der Waals surface area contributed by atoms with E-state index in [0.29, 0.717) is 0 Å². The highest BCUT2D eigenvalue weighted by Gasteiger charge is 2.22. The molecule has 4 nitrogen and oxygen atoms in total. The fourth-order valence-electron chi connectivity index (χ4n) is 2.40. The Labute approximate surface area is 118 Å². The molecule has 1 aliphatic rings. The molecule has 0 spiro atoms. The van der Waals surface area contributed by atoms with E-state index in [1.165, 1.54) is 12.8 Å². The summed E-state index contributed by atoms with van der Waals surface area (Å²) in [5.41, 5.74) is 0.959. The molecule has 1 aliphatic heterocycles. The predicted octanol–water partition coefficient (Wildman–Crippen LogP) is 3.13. The van der Waals surface area contributed by atoms with Gasteiger partial charge in [0.05, 0.1) is 12.1 Å². The molecule has 106 valence electrons. The molecule has 5 heteroatoms. The molecule has 0 aromatic carbocycles. The number of carboxylic acid groups (broad SMARTS) is 1. The van der Waals surface area contributed by atoms with Crippen molar-refractivity contribution in [2.45, 2.75) is 46.0 Å². The van der Waals surface area contributed by atoms with E-state index in [0.717, 1.165) is 34.7 Å². The number of piperidine rings is 1. The van der Waals surface area contributed by atoms with Crippen molar-refractivity contribution in [3.05, 3.63) is 10.6 Å². The minimum Gasteiger partial charge on any atom is -0.481 e. The maximum Gasteiger partial charge on any atom is 0.308 e. The summed E-state index contributed by atoms with van der Waals surface area (Å²) in [5.74, 6) is 0.298. The minimum absolute atomic E-state index is 0.0927. The lowest BCUT2D eigenvalue weighted by Gasteiger charge is -2.29. The van der Waals surface area contributed by atoms with Crippen molar-refractivity contribution in [1.29, 1.82) is 0 Å². The Bertz CT molecular complexity index is 448. The summed E-state index contributed by atoms with van der Waals surface area (Å²) in [6.07, 6.45) is 2.49. The first-order chi connectivity index (χ1) is 8.97. The molecule has 1 N–H and O–H groups in total. The van der Waals surface area contributed by atoms with E-state index in [2.05, 4.69) is 25.7 Å². The van der Waals surface area contributed by atoms with Gasteiger partial charge in [0.25, 0.3) is 0 Å². The third-order valence-corrected chi connectivity index (χ3v) is 4.76. The number of carboxylic acids is 1. The largest absolute Gasteiger partial charge is 0.481 e. The highest BCUT2D eigenvalue weighted by atomic mass is 32.1. The van der Waals surface area contributed by atoms with Crippen LogP contribution < -0.4 is 4.90 Å². The zero-order chi connectivity index (χ0) is 14.0. The van der Waals surface area contributed by atoms with Gasteiger partial charge in [0.2, 0.25) is 0 Å². The second kappa shape index (κ2) is 5.90. The monoisotopic (exact) mass is 282 g/mol. The van der Waals surface area contributed by atoms with Crippen LogP contribution in [0.2, 0.25) is 0 Å². The number of nitrogens with zero attached hydrogens (tertiary/aromatic N) is 2. The van der Waals surface area contributed by atoms with Crippen LogP contribution in [0.3, 0.4) is 0 Å². The van der Waals surface area contributed by atoms with E-state index in [1.807, 2.05) is 0 Å². The topological polar surface area (TPSA) is 53.4 Å². The molecular weight excluding hydrogens is 260 g/mol. The smallest absolute Gasteiger partial charge is 0.308 e. The molecule has 0 amide bonds. The van der Waals surface area contributed by atoms with Crippen molar-refractivity contribution >= 4 is 22.4 Å². The lowest BCUT2D eigenvalue weighted by molar-refractivity contribution is -0.136. The van der Waals surface area contributed by atoms with Crippen LogP contribution in [0.15, 0.2) is 0 Å². The summed E-state index contributed by atoms with van der Waals surface area (Å²) >= 11 is 1.56. The third kappa shape index (κ3) is 3.47. The van der Waals surface area contributed by atoms with Crippen molar-refractivity contribution in [3.63, 3.8) is 0 Å². The number of carbonyl (C=O) groups is 1. The molecule has 0 bridgehead atoms. The maximum absolute atomic E-state index is 10.9. The number of aliphatic carboxylic acids is 1. The SMILES string of the molecule is CC1CCN(c2nc(C(C)C)c(CC(=O)O)s2)CC1. The highest BCUT2D eigenvalue weighted by molar-refractivity contribution is 7.15. The molecule has 0 aliphatic carbocycles. The van der Waals surface area contributed by atoms with Crippen LogP contribution in [-0.2, 0) is 11.2 Å². The number of rotatable bonds is 4. The molecule has 0 atom stereocenters. The molecule has 2 rings (SSSR count). The van der Waals surface area contributed by atoms with E-state index in [-0.39, 0.29) is 12.3 Å². The zero-order valence-corrected chi connectivity index (χ0v) is 12.7. The lowest BCUT2D eigenvalue weighted by atomic mass is 10.00. The highest BCUT2D eigenvalue weighted by Crippen LogP contribution is 2.33. The van der Waals surface area contributed by atoms with Crippen LogP contribution in [-0.4, -0.2) is 29.1 Å². The molecule has 0 radical (unpaired) electrons. The van der Waals surface area contributed by atoms with Crippen LogP contribution >= 0.6 is 11.3 Å². The molecule has 1 saturated heterocycles. The van der Waals surface area contributed by atoms with Gasteiger partial charge < -0.3 is 10.0 Å². The minimum atomic E-state index is -0.774. The normalized spacial score (nSPS) is 17.2. The lowest BCUT2D eigenvalue weighted by Crippen LogP contribution is -2.32. The second-order valence-corrected chi connectivity index (χ2v) is 6.76. The van der Waals surface area contributed by atoms with Gasteiger partial charge in [-0.1, -0.05) is 20.8 Å².